The number of aryl methyl sites for hydroxylation is 1. The molecule has 1 aromatic heterocycles. The van der Waals surface area contributed by atoms with E-state index in [0.717, 1.165) is 42.7 Å². The van der Waals surface area contributed by atoms with Crippen molar-refractivity contribution in [3.05, 3.63) is 88.7 Å². The molecule has 16 heteroatoms. The van der Waals surface area contributed by atoms with Crippen LogP contribution in [0.1, 0.15) is 17.0 Å². The Morgan fingerprint density at radius 1 is 1.02 bits per heavy atom. The predicted octanol–water partition coefficient (Wildman–Crippen LogP) is 8.11. The zero-order valence-corrected chi connectivity index (χ0v) is 24.6. The van der Waals surface area contributed by atoms with E-state index in [9.17, 15) is 44.3 Å². The van der Waals surface area contributed by atoms with Crippen LogP contribution in [0.4, 0.5) is 36.4 Å². The molecule has 0 bridgehead atoms. The number of anilines is 1. The second kappa shape index (κ2) is 12.3. The van der Waals surface area contributed by atoms with Crippen molar-refractivity contribution < 1.29 is 48.7 Å². The number of benzene rings is 3. The number of oxazole rings is 1. The Kier molecular flexibility index (Phi) is 9.20. The molecule has 0 aliphatic heterocycles. The fraction of sp³-hybridized carbons (Fsp3) is 0.172. The van der Waals surface area contributed by atoms with Crippen molar-refractivity contribution in [3.8, 4) is 33.7 Å². The van der Waals surface area contributed by atoms with Crippen molar-refractivity contribution in [1.29, 1.82) is 5.41 Å². The summed E-state index contributed by atoms with van der Waals surface area (Å²) in [5, 5.41) is 18.3. The van der Waals surface area contributed by atoms with Gasteiger partial charge in [0.1, 0.15) is 11.5 Å². The molecule has 4 rings (SSSR count). The average Bonchev–Trinajstić information content (AvgIpc) is 3.34. The first kappa shape index (κ1) is 33.7. The Labute approximate surface area is 256 Å². The number of aliphatic hydroxyl groups excluding tert-OH is 1. The minimum atomic E-state index is -5.05. The first-order chi connectivity index (χ1) is 20.8. The largest absolute Gasteiger partial charge is 0.440 e. The molecule has 0 amide bonds. The number of halogens is 8. The molecule has 3 N–H and O–H groups in total. The van der Waals surface area contributed by atoms with E-state index in [4.69, 9.17) is 21.4 Å². The second-order valence-electron chi connectivity index (χ2n) is 9.62. The van der Waals surface area contributed by atoms with Crippen LogP contribution < -0.4 is 5.32 Å². The molecule has 0 saturated carbocycles. The zero-order chi connectivity index (χ0) is 33.5. The van der Waals surface area contributed by atoms with Gasteiger partial charge in [-0.1, -0.05) is 29.8 Å². The monoisotopic (exact) mass is 675 g/mol. The molecule has 0 spiro atoms. The number of aliphatic hydroxyl groups is 1. The molecule has 0 radical (unpaired) electrons. The van der Waals surface area contributed by atoms with Crippen LogP contribution in [-0.2, 0) is 22.6 Å². The quantitative estimate of drug-likeness (QED) is 0.128. The van der Waals surface area contributed by atoms with E-state index in [2.05, 4.69) is 10.3 Å². The highest BCUT2D eigenvalue weighted by Crippen LogP contribution is 2.41. The second-order valence-corrected chi connectivity index (χ2v) is 12.0. The lowest BCUT2D eigenvalue weighted by Crippen LogP contribution is -2.22. The summed E-state index contributed by atoms with van der Waals surface area (Å²) in [7, 11) is -4.02. The number of sulfone groups is 1. The van der Waals surface area contributed by atoms with Crippen molar-refractivity contribution in [1.82, 2.24) is 4.98 Å². The van der Waals surface area contributed by atoms with Crippen LogP contribution in [0.2, 0.25) is 0 Å². The van der Waals surface area contributed by atoms with Gasteiger partial charge in [0.2, 0.25) is 0 Å². The summed E-state index contributed by atoms with van der Waals surface area (Å²) in [6.07, 6.45) is -8.16. The van der Waals surface area contributed by atoms with Crippen LogP contribution in [0.15, 0.2) is 75.1 Å². The first-order valence-corrected chi connectivity index (χ1v) is 14.8. The van der Waals surface area contributed by atoms with Gasteiger partial charge in [0, 0.05) is 41.8 Å². The Morgan fingerprint density at radius 2 is 1.64 bits per heavy atom. The van der Waals surface area contributed by atoms with Gasteiger partial charge in [-0.3, -0.25) is 5.41 Å². The smallest absolute Gasteiger partial charge is 0.434 e. The van der Waals surface area contributed by atoms with E-state index in [-0.39, 0.29) is 45.3 Å². The number of alkyl halides is 6. The van der Waals surface area contributed by atoms with E-state index >= 15 is 0 Å². The number of rotatable bonds is 8. The van der Waals surface area contributed by atoms with E-state index in [0.29, 0.717) is 6.20 Å². The van der Waals surface area contributed by atoms with Gasteiger partial charge in [-0.2, -0.15) is 26.3 Å². The molecule has 1 heterocycles. The van der Waals surface area contributed by atoms with Crippen molar-refractivity contribution in [2.45, 2.75) is 30.8 Å². The van der Waals surface area contributed by atoms with Crippen LogP contribution in [0.3, 0.4) is 0 Å². The summed E-state index contributed by atoms with van der Waals surface area (Å²) in [6, 6.07) is 10.1. The third-order valence-corrected chi connectivity index (χ3v) is 7.87. The lowest BCUT2D eigenvalue weighted by molar-refractivity contribution is -0.137. The summed E-state index contributed by atoms with van der Waals surface area (Å²) >= 11 is 5.69. The van der Waals surface area contributed by atoms with Crippen molar-refractivity contribution in [3.63, 3.8) is 0 Å². The summed E-state index contributed by atoms with van der Waals surface area (Å²) < 4.78 is 124. The lowest BCUT2D eigenvalue weighted by atomic mass is 9.97. The van der Waals surface area contributed by atoms with Gasteiger partial charge >= 0.3 is 12.4 Å². The van der Waals surface area contributed by atoms with Crippen molar-refractivity contribution >= 4 is 32.8 Å². The molecule has 0 saturated heterocycles. The third kappa shape index (κ3) is 7.37. The first-order valence-electron chi connectivity index (χ1n) is 12.5. The molecule has 45 heavy (non-hydrogen) atoms. The third-order valence-electron chi connectivity index (χ3n) is 6.41. The lowest BCUT2D eigenvalue weighted by Gasteiger charge is -2.15. The van der Waals surface area contributed by atoms with Crippen molar-refractivity contribution in [2.75, 3.05) is 11.6 Å². The molecular weight excluding hydrogens is 655 g/mol. The molecule has 0 fully saturated rings. The average molecular weight is 676 g/mol. The number of hydrogen-bond acceptors (Lipinski definition) is 7. The Balaban J connectivity index is 1.94. The van der Waals surface area contributed by atoms with Gasteiger partial charge in [0.25, 0.3) is 0 Å². The summed E-state index contributed by atoms with van der Waals surface area (Å²) in [4.78, 5) is 3.78. The SMILES string of the molecule is Cc1nc(-c2ccc(C(F)(F)F)cc2)c(-c2cc(-c3cc(F)c(CO)c(S(C)(=O)=O)c3)ccc2N/C=C(/Cl)C(=N)C(F)(F)F)o1. The Bertz CT molecular complexity index is 1920. The van der Waals surface area contributed by atoms with Gasteiger partial charge in [-0.15, -0.1) is 0 Å². The number of nitrogens with one attached hydrogen (secondary N) is 2. The minimum absolute atomic E-state index is 0.0203. The molecule has 238 valence electrons. The molecule has 0 aliphatic rings. The molecule has 3 aromatic carbocycles. The Morgan fingerprint density at radius 3 is 2.20 bits per heavy atom. The molecule has 0 unspecified atom stereocenters. The minimum Gasteiger partial charge on any atom is -0.440 e. The maximum Gasteiger partial charge on any atom is 0.434 e. The van der Waals surface area contributed by atoms with E-state index < -0.39 is 61.4 Å². The number of allylic oxidation sites excluding steroid dienone is 1. The van der Waals surface area contributed by atoms with Crippen molar-refractivity contribution in [2.24, 2.45) is 0 Å². The van der Waals surface area contributed by atoms with Gasteiger partial charge in [-0.05, 0) is 47.5 Å². The zero-order valence-electron chi connectivity index (χ0n) is 23.0. The summed E-state index contributed by atoms with van der Waals surface area (Å²) in [5.74, 6) is -1.04. The predicted molar refractivity (Wildman–Crippen MR) is 153 cm³/mol. The van der Waals surface area contributed by atoms with Crippen LogP contribution in [0.25, 0.3) is 33.7 Å². The summed E-state index contributed by atoms with van der Waals surface area (Å²) in [5.41, 5.74) is -2.74. The highest BCUT2D eigenvalue weighted by atomic mass is 35.5. The number of hydrogen-bond donors (Lipinski definition) is 3. The van der Waals surface area contributed by atoms with Crippen LogP contribution in [-0.4, -0.2) is 36.7 Å². The molecule has 7 nitrogen and oxygen atoms in total. The molecule has 4 aromatic rings. The number of aromatic nitrogens is 1. The summed E-state index contributed by atoms with van der Waals surface area (Å²) in [6.45, 7) is 0.535. The molecule has 0 atom stereocenters. The molecular formula is C29H21ClF7N3O4S. The van der Waals surface area contributed by atoms with Gasteiger partial charge in [0.05, 0.1) is 22.1 Å². The standard InChI is InChI=1S/C29H21ClF7N3O4S/c1-14-40-25(15-3-6-18(7-4-15)28(32,33)34)26(44-14)19-9-16(5-8-23(19)39-12-21(30)27(38)29(35,36)37)17-10-22(31)20(13-41)24(11-17)45(2,42)43/h3-12,38-39,41H,13H2,1-2H3/b21-12+,38-27?. The fourth-order valence-corrected chi connectivity index (χ4v) is 5.38. The van der Waals surface area contributed by atoms with Crippen LogP contribution in [0.5, 0.6) is 0 Å². The fourth-order valence-electron chi connectivity index (χ4n) is 4.27. The van der Waals surface area contributed by atoms with Crippen LogP contribution >= 0.6 is 11.6 Å². The van der Waals surface area contributed by atoms with Gasteiger partial charge < -0.3 is 14.8 Å². The van der Waals surface area contributed by atoms with Crippen LogP contribution in [0, 0.1) is 18.2 Å². The maximum absolute atomic E-state index is 14.9. The van der Waals surface area contributed by atoms with Gasteiger partial charge in [-0.25, -0.2) is 17.8 Å². The van der Waals surface area contributed by atoms with E-state index in [1.165, 1.54) is 25.1 Å². The van der Waals surface area contributed by atoms with Gasteiger partial charge in [0.15, 0.2) is 27.2 Å². The highest BCUT2D eigenvalue weighted by Gasteiger charge is 2.36. The number of nitrogens with zero attached hydrogens (tertiary/aromatic N) is 1. The highest BCUT2D eigenvalue weighted by molar-refractivity contribution is 7.90. The van der Waals surface area contributed by atoms with E-state index in [1.54, 1.807) is 0 Å². The topological polar surface area (TPSA) is 116 Å². The maximum atomic E-state index is 14.9. The molecule has 0 aliphatic carbocycles. The van der Waals surface area contributed by atoms with E-state index in [1.807, 2.05) is 0 Å². The Hall–Kier alpha value is -4.21. The normalized spacial score (nSPS) is 12.8.